The molecule has 1 N–H and O–H groups in total. The normalized spacial score (nSPS) is 19.1. The van der Waals surface area contributed by atoms with Crippen LogP contribution >= 0.6 is 15.9 Å². The molecule has 1 atom stereocenters. The second-order valence-corrected chi connectivity index (χ2v) is 7.90. The first-order valence-corrected chi connectivity index (χ1v) is 10.1. The minimum Gasteiger partial charge on any atom is -0.319 e. The maximum atomic E-state index is 13.1. The van der Waals surface area contributed by atoms with E-state index in [1.54, 1.807) is 13.0 Å². The molecule has 3 rings (SSSR count). The van der Waals surface area contributed by atoms with Gasteiger partial charge in [-0.3, -0.25) is 14.5 Å². The van der Waals surface area contributed by atoms with Gasteiger partial charge in [0.15, 0.2) is 5.78 Å². The van der Waals surface area contributed by atoms with Crippen LogP contribution in [0, 0.1) is 0 Å². The summed E-state index contributed by atoms with van der Waals surface area (Å²) >= 11 is 3.44. The Hall–Kier alpha value is -2.47. The van der Waals surface area contributed by atoms with Gasteiger partial charge in [0.25, 0.3) is 5.91 Å². The number of ketones is 1. The lowest BCUT2D eigenvalue weighted by Crippen LogP contribution is -2.41. The first-order chi connectivity index (χ1) is 13.3. The van der Waals surface area contributed by atoms with Gasteiger partial charge < -0.3 is 5.32 Å². The molecule has 0 saturated carbocycles. The summed E-state index contributed by atoms with van der Waals surface area (Å²) in [4.78, 5) is 39.6. The smallest absolute Gasteiger partial charge is 0.319 e. The maximum Gasteiger partial charge on any atom is 0.325 e. The molecule has 1 saturated heterocycles. The fourth-order valence-electron chi connectivity index (χ4n) is 3.53. The van der Waals surface area contributed by atoms with E-state index in [1.165, 1.54) is 0 Å². The van der Waals surface area contributed by atoms with Crippen LogP contribution in [0.2, 0.25) is 0 Å². The lowest BCUT2D eigenvalue weighted by atomic mass is 9.92. The summed E-state index contributed by atoms with van der Waals surface area (Å²) in [6, 6.07) is 12.5. The van der Waals surface area contributed by atoms with Crippen molar-refractivity contribution in [2.24, 2.45) is 0 Å². The van der Waals surface area contributed by atoms with Crippen LogP contribution in [0.25, 0.3) is 0 Å². The molecule has 1 fully saturated rings. The standard InChI is InChI=1S/C22H23BrN2O3/c1-4-14-10-11-15(5-2)16(12-14)19(26)13-25-20(27)22(3,24-21(25)28)17-8-6-7-9-18(17)23/h6-12H,4-5,13H2,1-3H3,(H,24,28). The number of carbonyl (C=O) groups excluding carboxylic acids is 3. The Morgan fingerprint density at radius 1 is 1.11 bits per heavy atom. The summed E-state index contributed by atoms with van der Waals surface area (Å²) in [5.41, 5.74) is 2.00. The van der Waals surface area contributed by atoms with Gasteiger partial charge in [-0.25, -0.2) is 4.79 Å². The van der Waals surface area contributed by atoms with E-state index < -0.39 is 17.5 Å². The number of Topliss-reactive ketones (excluding diaryl/α,β-unsaturated/α-hetero) is 1. The van der Waals surface area contributed by atoms with E-state index in [4.69, 9.17) is 0 Å². The number of urea groups is 1. The Morgan fingerprint density at radius 2 is 1.82 bits per heavy atom. The number of nitrogens with zero attached hydrogens (tertiary/aromatic N) is 1. The molecule has 2 aromatic rings. The van der Waals surface area contributed by atoms with E-state index in [-0.39, 0.29) is 12.3 Å². The van der Waals surface area contributed by atoms with E-state index >= 15 is 0 Å². The highest BCUT2D eigenvalue weighted by molar-refractivity contribution is 9.10. The van der Waals surface area contributed by atoms with E-state index in [1.807, 2.05) is 50.2 Å². The molecule has 2 aromatic carbocycles. The summed E-state index contributed by atoms with van der Waals surface area (Å²) in [7, 11) is 0. The molecular formula is C22H23BrN2O3. The molecule has 146 valence electrons. The average Bonchev–Trinajstić information content (AvgIpc) is 2.91. The summed E-state index contributed by atoms with van der Waals surface area (Å²) < 4.78 is 0.725. The molecule has 0 spiro atoms. The topological polar surface area (TPSA) is 66.5 Å². The van der Waals surface area contributed by atoms with Crippen molar-refractivity contribution < 1.29 is 14.4 Å². The van der Waals surface area contributed by atoms with Crippen molar-refractivity contribution in [2.45, 2.75) is 39.2 Å². The number of hydrogen-bond acceptors (Lipinski definition) is 3. The highest BCUT2D eigenvalue weighted by atomic mass is 79.9. The number of rotatable bonds is 6. The number of halogens is 1. The van der Waals surface area contributed by atoms with E-state index in [0.29, 0.717) is 17.5 Å². The third-order valence-corrected chi connectivity index (χ3v) is 5.94. The van der Waals surface area contributed by atoms with Crippen LogP contribution in [0.4, 0.5) is 4.79 Å². The Bertz CT molecular complexity index is 957. The van der Waals surface area contributed by atoms with Gasteiger partial charge in [-0.05, 0) is 43.0 Å². The van der Waals surface area contributed by atoms with Gasteiger partial charge in [-0.1, -0.05) is 60.1 Å². The van der Waals surface area contributed by atoms with Crippen molar-refractivity contribution in [3.05, 3.63) is 69.2 Å². The summed E-state index contributed by atoms with van der Waals surface area (Å²) in [5, 5.41) is 2.75. The molecule has 0 radical (unpaired) electrons. The Morgan fingerprint density at radius 3 is 2.46 bits per heavy atom. The molecule has 1 aliphatic rings. The fourth-order valence-corrected chi connectivity index (χ4v) is 4.21. The predicted octanol–water partition coefficient (Wildman–Crippen LogP) is 4.22. The number of hydrogen-bond donors (Lipinski definition) is 1. The van der Waals surface area contributed by atoms with Crippen molar-refractivity contribution in [1.29, 1.82) is 0 Å². The Labute approximate surface area is 173 Å². The fraction of sp³-hybridized carbons (Fsp3) is 0.318. The van der Waals surface area contributed by atoms with Gasteiger partial charge in [0, 0.05) is 15.6 Å². The number of carbonyl (C=O) groups is 3. The third-order valence-electron chi connectivity index (χ3n) is 5.25. The van der Waals surface area contributed by atoms with E-state index in [9.17, 15) is 14.4 Å². The number of nitrogens with one attached hydrogen (secondary N) is 1. The summed E-state index contributed by atoms with van der Waals surface area (Å²) in [6.07, 6.45) is 1.52. The zero-order valence-corrected chi connectivity index (χ0v) is 17.8. The second kappa shape index (κ2) is 7.87. The average molecular weight is 443 g/mol. The van der Waals surface area contributed by atoms with Crippen LogP contribution < -0.4 is 5.32 Å². The minimum absolute atomic E-state index is 0.230. The van der Waals surface area contributed by atoms with Crippen molar-refractivity contribution in [2.75, 3.05) is 6.54 Å². The molecule has 5 nitrogen and oxygen atoms in total. The van der Waals surface area contributed by atoms with Crippen LogP contribution in [0.15, 0.2) is 46.9 Å². The Balaban J connectivity index is 1.90. The highest BCUT2D eigenvalue weighted by Gasteiger charge is 2.50. The molecule has 1 aliphatic heterocycles. The third kappa shape index (κ3) is 3.49. The van der Waals surface area contributed by atoms with Crippen molar-refractivity contribution in [3.63, 3.8) is 0 Å². The maximum absolute atomic E-state index is 13.1. The van der Waals surface area contributed by atoms with Crippen molar-refractivity contribution in [3.8, 4) is 0 Å². The second-order valence-electron chi connectivity index (χ2n) is 7.05. The number of benzene rings is 2. The van der Waals surface area contributed by atoms with E-state index in [2.05, 4.69) is 21.2 Å². The lowest BCUT2D eigenvalue weighted by Gasteiger charge is -2.23. The molecule has 28 heavy (non-hydrogen) atoms. The van der Waals surface area contributed by atoms with Gasteiger partial charge in [0.05, 0.1) is 6.54 Å². The molecular weight excluding hydrogens is 420 g/mol. The largest absolute Gasteiger partial charge is 0.325 e. The van der Waals surface area contributed by atoms with Crippen LogP contribution in [-0.4, -0.2) is 29.2 Å². The van der Waals surface area contributed by atoms with Crippen LogP contribution in [0.1, 0.15) is 47.8 Å². The quantitative estimate of drug-likeness (QED) is 0.537. The van der Waals surface area contributed by atoms with Gasteiger partial charge in [-0.2, -0.15) is 0 Å². The van der Waals surface area contributed by atoms with Gasteiger partial charge >= 0.3 is 6.03 Å². The van der Waals surface area contributed by atoms with Gasteiger partial charge in [0.2, 0.25) is 0 Å². The number of amides is 3. The molecule has 1 unspecified atom stereocenters. The molecule has 0 aliphatic carbocycles. The number of aryl methyl sites for hydroxylation is 2. The van der Waals surface area contributed by atoms with Crippen LogP contribution in [-0.2, 0) is 23.2 Å². The Kier molecular flexibility index (Phi) is 5.70. The molecule has 3 amide bonds. The van der Waals surface area contributed by atoms with Crippen molar-refractivity contribution in [1.82, 2.24) is 10.2 Å². The van der Waals surface area contributed by atoms with Gasteiger partial charge in [-0.15, -0.1) is 0 Å². The van der Waals surface area contributed by atoms with Crippen LogP contribution in [0.5, 0.6) is 0 Å². The highest BCUT2D eigenvalue weighted by Crippen LogP contribution is 2.33. The lowest BCUT2D eigenvalue weighted by molar-refractivity contribution is -0.130. The SMILES string of the molecule is CCc1ccc(CC)c(C(=O)CN2C(=O)NC(C)(c3ccccc3Br)C2=O)c1. The van der Waals surface area contributed by atoms with E-state index in [0.717, 1.165) is 26.9 Å². The zero-order chi connectivity index (χ0) is 20.5. The first kappa shape index (κ1) is 20.3. The van der Waals surface area contributed by atoms with Gasteiger partial charge in [0.1, 0.15) is 5.54 Å². The summed E-state index contributed by atoms with van der Waals surface area (Å²) in [6.45, 7) is 5.39. The predicted molar refractivity (Wildman–Crippen MR) is 111 cm³/mol. The molecule has 0 aromatic heterocycles. The van der Waals surface area contributed by atoms with Crippen LogP contribution in [0.3, 0.4) is 0 Å². The minimum atomic E-state index is -1.21. The molecule has 1 heterocycles. The first-order valence-electron chi connectivity index (χ1n) is 9.36. The molecule has 6 heteroatoms. The summed E-state index contributed by atoms with van der Waals surface area (Å²) in [5.74, 6) is -0.658. The van der Waals surface area contributed by atoms with Crippen molar-refractivity contribution >= 4 is 33.7 Å². The zero-order valence-electron chi connectivity index (χ0n) is 16.2. The monoisotopic (exact) mass is 442 g/mol. The molecule has 0 bridgehead atoms. The number of imide groups is 1.